The molecule has 100 valence electrons. The lowest BCUT2D eigenvalue weighted by Gasteiger charge is -2.12. The number of benzene rings is 1. The fourth-order valence-electron chi connectivity index (χ4n) is 1.66. The summed E-state index contributed by atoms with van der Waals surface area (Å²) in [5, 5.41) is 11.4. The van der Waals surface area contributed by atoms with Crippen LogP contribution in [0.5, 0.6) is 0 Å². The Bertz CT molecular complexity index is 520. The summed E-state index contributed by atoms with van der Waals surface area (Å²) >= 11 is 0. The maximum atomic E-state index is 12.0. The average molecular weight is 261 g/mol. The molecule has 0 amide bonds. The Morgan fingerprint density at radius 3 is 2.68 bits per heavy atom. The first-order valence-electron chi connectivity index (χ1n) is 5.83. The van der Waals surface area contributed by atoms with Crippen molar-refractivity contribution in [2.45, 2.75) is 13.3 Å². The predicted octanol–water partition coefficient (Wildman–Crippen LogP) is 1.99. The molecule has 19 heavy (non-hydrogen) atoms. The number of carboxylic acids is 1. The third-order valence-electron chi connectivity index (χ3n) is 2.48. The number of carbonyl (C=O) groups excluding carboxylic acids is 2. The van der Waals surface area contributed by atoms with Crippen molar-refractivity contribution >= 4 is 29.8 Å². The van der Waals surface area contributed by atoms with E-state index in [0.29, 0.717) is 29.5 Å². The molecule has 0 saturated heterocycles. The molecule has 0 aliphatic rings. The number of carbonyl (C=O) groups is 3. The van der Waals surface area contributed by atoms with E-state index in [1.54, 1.807) is 25.1 Å². The highest BCUT2D eigenvalue weighted by Crippen LogP contribution is 2.23. The molecule has 0 radical (unpaired) electrons. The second-order valence-electron chi connectivity index (χ2n) is 3.79. The van der Waals surface area contributed by atoms with E-state index in [1.807, 2.05) is 0 Å². The summed E-state index contributed by atoms with van der Waals surface area (Å²) in [4.78, 5) is 32.9. The second-order valence-corrected chi connectivity index (χ2v) is 3.79. The third kappa shape index (κ3) is 4.06. The molecular weight excluding hydrogens is 246 g/mol. The number of Topliss-reactive ketones (excluding diaryl/α,β-unsaturated/α-hetero) is 1. The van der Waals surface area contributed by atoms with Crippen molar-refractivity contribution in [3.8, 4) is 0 Å². The van der Waals surface area contributed by atoms with E-state index in [-0.39, 0.29) is 12.3 Å². The number of rotatable bonds is 7. The van der Waals surface area contributed by atoms with Gasteiger partial charge in [0.2, 0.25) is 0 Å². The molecule has 0 unspecified atom stereocenters. The van der Waals surface area contributed by atoms with Crippen LogP contribution in [0.4, 0.5) is 5.69 Å². The largest absolute Gasteiger partial charge is 0.480 e. The number of hydrogen-bond donors (Lipinski definition) is 2. The normalized spacial score (nSPS) is 10.4. The highest BCUT2D eigenvalue weighted by atomic mass is 16.4. The van der Waals surface area contributed by atoms with Crippen LogP contribution < -0.4 is 5.32 Å². The van der Waals surface area contributed by atoms with Crippen molar-refractivity contribution in [1.29, 1.82) is 0 Å². The zero-order valence-corrected chi connectivity index (χ0v) is 10.6. The van der Waals surface area contributed by atoms with Gasteiger partial charge in [-0.3, -0.25) is 14.4 Å². The lowest BCUT2D eigenvalue weighted by atomic mass is 9.99. The molecule has 0 aliphatic heterocycles. The molecule has 2 N–H and O–H groups in total. The van der Waals surface area contributed by atoms with Gasteiger partial charge in [-0.1, -0.05) is 25.1 Å². The molecule has 5 nitrogen and oxygen atoms in total. The van der Waals surface area contributed by atoms with Crippen molar-refractivity contribution in [3.05, 3.63) is 35.4 Å². The highest BCUT2D eigenvalue weighted by Gasteiger charge is 2.13. The number of hydrogen-bond acceptors (Lipinski definition) is 4. The lowest BCUT2D eigenvalue weighted by Crippen LogP contribution is -2.15. The molecule has 0 bridgehead atoms. The van der Waals surface area contributed by atoms with E-state index in [4.69, 9.17) is 5.11 Å². The van der Waals surface area contributed by atoms with Crippen LogP contribution in [0.15, 0.2) is 24.3 Å². The van der Waals surface area contributed by atoms with Crippen LogP contribution in [0.3, 0.4) is 0 Å². The van der Waals surface area contributed by atoms with Gasteiger partial charge in [-0.05, 0) is 17.7 Å². The fraction of sp³-hybridized carbons (Fsp3) is 0.214. The molecule has 1 aromatic rings. The first-order valence-corrected chi connectivity index (χ1v) is 5.83. The summed E-state index contributed by atoms with van der Waals surface area (Å²) in [6.07, 6.45) is 3.75. The van der Waals surface area contributed by atoms with Crippen molar-refractivity contribution in [1.82, 2.24) is 0 Å². The van der Waals surface area contributed by atoms with Gasteiger partial charge in [0.05, 0.1) is 0 Å². The summed E-state index contributed by atoms with van der Waals surface area (Å²) in [5.74, 6) is -1.12. The van der Waals surface area contributed by atoms with Gasteiger partial charge in [0.25, 0.3) is 0 Å². The molecule has 0 aromatic heterocycles. The van der Waals surface area contributed by atoms with Gasteiger partial charge in [0, 0.05) is 17.7 Å². The number of nitrogens with one attached hydrogen (secondary N) is 1. The predicted molar refractivity (Wildman–Crippen MR) is 72.3 cm³/mol. The van der Waals surface area contributed by atoms with E-state index in [0.717, 1.165) is 0 Å². The number of aliphatic carboxylic acids is 1. The van der Waals surface area contributed by atoms with E-state index in [9.17, 15) is 14.4 Å². The van der Waals surface area contributed by atoms with Crippen LogP contribution in [-0.4, -0.2) is 29.7 Å². The number of anilines is 1. The zero-order chi connectivity index (χ0) is 14.3. The Morgan fingerprint density at radius 2 is 2.11 bits per heavy atom. The van der Waals surface area contributed by atoms with Crippen LogP contribution >= 0.6 is 0 Å². The topological polar surface area (TPSA) is 83.5 Å². The van der Waals surface area contributed by atoms with Crippen LogP contribution in [0, 0.1) is 0 Å². The van der Waals surface area contributed by atoms with Gasteiger partial charge >= 0.3 is 5.97 Å². The SMILES string of the molecule is CCC(=O)c1c(/C=C/C=O)cccc1NCC(=O)O. The molecule has 1 aromatic carbocycles. The minimum Gasteiger partial charge on any atom is -0.480 e. The number of aldehydes is 1. The van der Waals surface area contributed by atoms with E-state index < -0.39 is 5.97 Å². The Labute approximate surface area is 110 Å². The lowest BCUT2D eigenvalue weighted by molar-refractivity contribution is -0.134. The number of carboxylic acid groups (broad SMARTS) is 1. The van der Waals surface area contributed by atoms with E-state index in [1.165, 1.54) is 12.2 Å². The summed E-state index contributed by atoms with van der Waals surface area (Å²) in [6.45, 7) is 1.45. The molecule has 1 rings (SSSR count). The monoisotopic (exact) mass is 261 g/mol. The first-order chi connectivity index (χ1) is 9.10. The first kappa shape index (κ1) is 14.6. The van der Waals surface area contributed by atoms with Crippen LogP contribution in [0.2, 0.25) is 0 Å². The molecule has 0 atom stereocenters. The third-order valence-corrected chi connectivity index (χ3v) is 2.48. The Kier molecular flexibility index (Phi) is 5.47. The van der Waals surface area contributed by atoms with Crippen molar-refractivity contribution in [2.75, 3.05) is 11.9 Å². The zero-order valence-electron chi connectivity index (χ0n) is 10.6. The van der Waals surface area contributed by atoms with Gasteiger partial charge in [-0.2, -0.15) is 0 Å². The van der Waals surface area contributed by atoms with Gasteiger partial charge in [-0.15, -0.1) is 0 Å². The van der Waals surface area contributed by atoms with Gasteiger partial charge in [0.1, 0.15) is 12.8 Å². The highest BCUT2D eigenvalue weighted by molar-refractivity contribution is 6.05. The quantitative estimate of drug-likeness (QED) is 0.445. The second kappa shape index (κ2) is 7.10. The van der Waals surface area contributed by atoms with Gasteiger partial charge in [0.15, 0.2) is 5.78 Å². The van der Waals surface area contributed by atoms with Gasteiger partial charge in [-0.25, -0.2) is 0 Å². The molecule has 0 aliphatic carbocycles. The maximum absolute atomic E-state index is 12.0. The fourth-order valence-corrected chi connectivity index (χ4v) is 1.66. The molecule has 0 heterocycles. The summed E-state index contributed by atoms with van der Waals surface area (Å²) < 4.78 is 0. The van der Waals surface area contributed by atoms with Crippen LogP contribution in [0.1, 0.15) is 29.3 Å². The molecule has 5 heteroatoms. The van der Waals surface area contributed by atoms with Crippen molar-refractivity contribution in [3.63, 3.8) is 0 Å². The molecule has 0 fully saturated rings. The van der Waals surface area contributed by atoms with Crippen molar-refractivity contribution in [2.24, 2.45) is 0 Å². The molecular formula is C14H15NO4. The summed E-state index contributed by atoms with van der Waals surface area (Å²) in [6, 6.07) is 5.04. The maximum Gasteiger partial charge on any atom is 0.322 e. The minimum absolute atomic E-state index is 0.112. The van der Waals surface area contributed by atoms with Crippen LogP contribution in [0.25, 0.3) is 6.08 Å². The van der Waals surface area contributed by atoms with Crippen molar-refractivity contribution < 1.29 is 19.5 Å². The summed E-state index contributed by atoms with van der Waals surface area (Å²) in [5.41, 5.74) is 1.46. The molecule has 0 saturated carbocycles. The number of ketones is 1. The average Bonchev–Trinajstić information content (AvgIpc) is 2.41. The van der Waals surface area contributed by atoms with Crippen LogP contribution in [-0.2, 0) is 9.59 Å². The minimum atomic E-state index is -1.01. The van der Waals surface area contributed by atoms with E-state index in [2.05, 4.69) is 5.32 Å². The number of allylic oxidation sites excluding steroid dienone is 1. The smallest absolute Gasteiger partial charge is 0.322 e. The summed E-state index contributed by atoms with van der Waals surface area (Å²) in [7, 11) is 0. The molecule has 0 spiro atoms. The van der Waals surface area contributed by atoms with Gasteiger partial charge < -0.3 is 10.4 Å². The Hall–Kier alpha value is -2.43. The Morgan fingerprint density at radius 1 is 1.37 bits per heavy atom. The standard InChI is InChI=1S/C14H15NO4/c1-2-12(17)14-10(6-4-8-16)5-3-7-11(14)15-9-13(18)19/h3-8,15H,2,9H2,1H3,(H,18,19)/b6-4+. The Balaban J connectivity index is 3.21. The van der Waals surface area contributed by atoms with E-state index >= 15 is 0 Å².